The van der Waals surface area contributed by atoms with E-state index in [1.165, 1.54) is 6.92 Å². The van der Waals surface area contributed by atoms with Gasteiger partial charge in [0.05, 0.1) is 30.3 Å². The van der Waals surface area contributed by atoms with Gasteiger partial charge in [-0.05, 0) is 36.8 Å². The highest BCUT2D eigenvalue weighted by molar-refractivity contribution is 7.90. The minimum absolute atomic E-state index is 0.0367. The summed E-state index contributed by atoms with van der Waals surface area (Å²) in [7, 11) is -3.65. The van der Waals surface area contributed by atoms with E-state index in [1.807, 2.05) is 45.0 Å². The number of aryl methyl sites for hydroxylation is 1. The average molecular weight is 448 g/mol. The molecule has 1 fully saturated rings. The van der Waals surface area contributed by atoms with E-state index < -0.39 is 9.84 Å². The first-order valence-electron chi connectivity index (χ1n) is 10.9. The van der Waals surface area contributed by atoms with Crippen molar-refractivity contribution < 1.29 is 17.9 Å². The molecule has 1 aromatic heterocycles. The Kier molecular flexibility index (Phi) is 7.54. The van der Waals surface area contributed by atoms with E-state index in [-0.39, 0.29) is 28.8 Å². The molecule has 0 bridgehead atoms. The molecule has 1 saturated heterocycles. The second-order valence-corrected chi connectivity index (χ2v) is 10.6. The monoisotopic (exact) mass is 447 g/mol. The molecule has 1 aromatic carbocycles. The molecule has 7 nitrogen and oxygen atoms in total. The van der Waals surface area contributed by atoms with Crippen LogP contribution in [0, 0.1) is 12.8 Å². The van der Waals surface area contributed by atoms with E-state index in [0.717, 1.165) is 36.3 Å². The molecular formula is C23H33N3O4S. The molecular weight excluding hydrogens is 414 g/mol. The summed E-state index contributed by atoms with van der Waals surface area (Å²) in [5.74, 6) is 0.0713. The van der Waals surface area contributed by atoms with Gasteiger partial charge in [-0.1, -0.05) is 38.1 Å². The molecule has 0 radical (unpaired) electrons. The third-order valence-corrected chi connectivity index (χ3v) is 7.15. The molecule has 2 heterocycles. The van der Waals surface area contributed by atoms with E-state index in [1.54, 1.807) is 15.7 Å². The highest BCUT2D eigenvalue weighted by Gasteiger charge is 2.27. The summed E-state index contributed by atoms with van der Waals surface area (Å²) >= 11 is 0. The SMILES string of the molecule is CC(=O)N(Cc1cnc(S(=O)(=O)Cc2ccccc2C)n1CC(C)C)C[C@H]1CCCO1. The quantitative estimate of drug-likeness (QED) is 0.589. The van der Waals surface area contributed by atoms with Crippen molar-refractivity contribution in [2.24, 2.45) is 5.92 Å². The van der Waals surface area contributed by atoms with Crippen LogP contribution < -0.4 is 0 Å². The smallest absolute Gasteiger partial charge is 0.228 e. The standard InChI is InChI=1S/C23H33N3O4S/c1-17(2)13-26-21(14-25(19(4)27)15-22-10-7-11-30-22)12-24-23(26)31(28,29)16-20-9-6-5-8-18(20)3/h5-6,8-9,12,17,22H,7,10-11,13-16H2,1-4H3/t22-/m1/s1. The Balaban J connectivity index is 1.89. The summed E-state index contributed by atoms with van der Waals surface area (Å²) < 4.78 is 34.0. The first-order valence-corrected chi connectivity index (χ1v) is 12.5. The van der Waals surface area contributed by atoms with Crippen LogP contribution in [-0.2, 0) is 38.2 Å². The first kappa shape index (κ1) is 23.5. The maximum Gasteiger partial charge on any atom is 0.228 e. The van der Waals surface area contributed by atoms with Crippen molar-refractivity contribution in [1.82, 2.24) is 14.5 Å². The summed E-state index contributed by atoms with van der Waals surface area (Å²) in [5, 5.41) is 0.0695. The number of hydrogen-bond acceptors (Lipinski definition) is 5. The van der Waals surface area contributed by atoms with Crippen LogP contribution in [0.15, 0.2) is 35.6 Å². The van der Waals surface area contributed by atoms with Crippen LogP contribution in [0.2, 0.25) is 0 Å². The van der Waals surface area contributed by atoms with E-state index in [2.05, 4.69) is 4.98 Å². The number of carbonyl (C=O) groups is 1. The molecule has 3 rings (SSSR count). The van der Waals surface area contributed by atoms with Gasteiger partial charge in [-0.2, -0.15) is 0 Å². The lowest BCUT2D eigenvalue weighted by Gasteiger charge is -2.25. The minimum atomic E-state index is -3.65. The number of rotatable bonds is 9. The van der Waals surface area contributed by atoms with Crippen molar-refractivity contribution in [3.63, 3.8) is 0 Å². The second kappa shape index (κ2) is 9.96. The summed E-state index contributed by atoms with van der Waals surface area (Å²) in [5.41, 5.74) is 2.43. The Bertz CT molecular complexity index is 1010. The Morgan fingerprint density at radius 3 is 2.68 bits per heavy atom. The summed E-state index contributed by atoms with van der Waals surface area (Å²) in [6.45, 7) is 9.59. The van der Waals surface area contributed by atoms with Gasteiger partial charge < -0.3 is 14.2 Å². The maximum atomic E-state index is 13.3. The number of imidazole rings is 1. The minimum Gasteiger partial charge on any atom is -0.376 e. The first-order chi connectivity index (χ1) is 14.7. The second-order valence-electron chi connectivity index (χ2n) is 8.76. The van der Waals surface area contributed by atoms with E-state index in [4.69, 9.17) is 4.74 Å². The zero-order chi connectivity index (χ0) is 22.6. The molecule has 0 unspecified atom stereocenters. The predicted molar refractivity (Wildman–Crippen MR) is 119 cm³/mol. The molecule has 8 heteroatoms. The summed E-state index contributed by atoms with van der Waals surface area (Å²) in [6.07, 6.45) is 3.57. The van der Waals surface area contributed by atoms with Gasteiger partial charge >= 0.3 is 0 Å². The highest BCUT2D eigenvalue weighted by atomic mass is 32.2. The third kappa shape index (κ3) is 5.95. The van der Waals surface area contributed by atoms with E-state index in [0.29, 0.717) is 19.6 Å². The van der Waals surface area contributed by atoms with Crippen molar-refractivity contribution in [2.75, 3.05) is 13.2 Å². The molecule has 1 aliphatic heterocycles. The molecule has 0 spiro atoms. The van der Waals surface area contributed by atoms with Gasteiger partial charge in [0.15, 0.2) is 0 Å². The van der Waals surface area contributed by atoms with Crippen LogP contribution in [0.5, 0.6) is 0 Å². The summed E-state index contributed by atoms with van der Waals surface area (Å²) in [4.78, 5) is 18.3. The molecule has 170 valence electrons. The lowest BCUT2D eigenvalue weighted by molar-refractivity contribution is -0.131. The molecule has 0 saturated carbocycles. The van der Waals surface area contributed by atoms with Gasteiger partial charge in [0, 0.05) is 26.6 Å². The molecule has 0 N–H and O–H groups in total. The van der Waals surface area contributed by atoms with Crippen LogP contribution in [0.1, 0.15) is 50.4 Å². The number of ether oxygens (including phenoxy) is 1. The molecule has 2 aromatic rings. The fraction of sp³-hybridized carbons (Fsp3) is 0.565. The van der Waals surface area contributed by atoms with Crippen LogP contribution in [0.25, 0.3) is 0 Å². The zero-order valence-corrected chi connectivity index (χ0v) is 19.7. The molecule has 31 heavy (non-hydrogen) atoms. The highest BCUT2D eigenvalue weighted by Crippen LogP contribution is 2.22. The van der Waals surface area contributed by atoms with Gasteiger partial charge in [-0.15, -0.1) is 0 Å². The van der Waals surface area contributed by atoms with Crippen LogP contribution in [0.4, 0.5) is 0 Å². The maximum absolute atomic E-state index is 13.3. The van der Waals surface area contributed by atoms with Crippen molar-refractivity contribution >= 4 is 15.7 Å². The summed E-state index contributed by atoms with van der Waals surface area (Å²) in [6, 6.07) is 7.49. The van der Waals surface area contributed by atoms with Crippen molar-refractivity contribution in [1.29, 1.82) is 0 Å². The number of sulfone groups is 1. The number of benzene rings is 1. The fourth-order valence-corrected chi connectivity index (χ4v) is 5.51. The van der Waals surface area contributed by atoms with Gasteiger partial charge in [0.25, 0.3) is 0 Å². The van der Waals surface area contributed by atoms with Crippen molar-refractivity contribution in [3.05, 3.63) is 47.3 Å². The molecule has 1 atom stereocenters. The topological polar surface area (TPSA) is 81.5 Å². The number of nitrogens with zero attached hydrogens (tertiary/aromatic N) is 3. The average Bonchev–Trinajstić information content (AvgIpc) is 3.33. The van der Waals surface area contributed by atoms with Gasteiger partial charge in [0.1, 0.15) is 0 Å². The lowest BCUT2D eigenvalue weighted by Crippen LogP contribution is -2.36. The van der Waals surface area contributed by atoms with Gasteiger partial charge in [-0.25, -0.2) is 13.4 Å². The lowest BCUT2D eigenvalue weighted by atomic mass is 10.1. The van der Waals surface area contributed by atoms with Crippen molar-refractivity contribution in [2.45, 2.75) is 70.6 Å². The predicted octanol–water partition coefficient (Wildman–Crippen LogP) is 3.35. The Labute approximate surface area is 185 Å². The molecule has 0 aliphatic carbocycles. The molecule has 1 aliphatic rings. The van der Waals surface area contributed by atoms with Crippen molar-refractivity contribution in [3.8, 4) is 0 Å². The largest absolute Gasteiger partial charge is 0.376 e. The molecule has 1 amide bonds. The third-order valence-electron chi connectivity index (χ3n) is 5.58. The normalized spacial score (nSPS) is 16.7. The Morgan fingerprint density at radius 2 is 2.06 bits per heavy atom. The van der Waals surface area contributed by atoms with Crippen LogP contribution >= 0.6 is 0 Å². The number of aromatic nitrogens is 2. The number of amides is 1. The fourth-order valence-electron chi connectivity index (χ4n) is 3.90. The van der Waals surface area contributed by atoms with Crippen LogP contribution in [-0.4, -0.2) is 48.0 Å². The number of carbonyl (C=O) groups excluding carboxylic acids is 1. The number of hydrogen-bond donors (Lipinski definition) is 0. The zero-order valence-electron chi connectivity index (χ0n) is 18.9. The van der Waals surface area contributed by atoms with Crippen LogP contribution in [0.3, 0.4) is 0 Å². The Morgan fingerprint density at radius 1 is 1.32 bits per heavy atom. The van der Waals surface area contributed by atoms with E-state index in [9.17, 15) is 13.2 Å². The Hall–Kier alpha value is -2.19. The van der Waals surface area contributed by atoms with Gasteiger partial charge in [-0.3, -0.25) is 4.79 Å². The van der Waals surface area contributed by atoms with Gasteiger partial charge in [0.2, 0.25) is 20.9 Å². The van der Waals surface area contributed by atoms with E-state index >= 15 is 0 Å².